The highest BCUT2D eigenvalue weighted by molar-refractivity contribution is 5.85. The van der Waals surface area contributed by atoms with Crippen molar-refractivity contribution in [1.82, 2.24) is 0 Å². The van der Waals surface area contributed by atoms with Crippen LogP contribution in [-0.4, -0.2) is 23.1 Å². The van der Waals surface area contributed by atoms with E-state index in [9.17, 15) is 14.7 Å². The van der Waals surface area contributed by atoms with Gasteiger partial charge in [-0.05, 0) is 38.5 Å². The van der Waals surface area contributed by atoms with Crippen LogP contribution in [0.3, 0.4) is 0 Å². The van der Waals surface area contributed by atoms with Gasteiger partial charge in [-0.1, -0.05) is 70.1 Å². The fraction of sp³-hybridized carbons (Fsp3) is 0.739. The Hall–Kier alpha value is -1.42. The molecule has 0 aliphatic heterocycles. The fourth-order valence-electron chi connectivity index (χ4n) is 3.06. The van der Waals surface area contributed by atoms with Gasteiger partial charge < -0.3 is 9.84 Å². The average molecular weight is 381 g/mol. The average Bonchev–Trinajstić information content (AvgIpc) is 2.62. The van der Waals surface area contributed by atoms with Crippen LogP contribution < -0.4 is 0 Å². The second-order valence-corrected chi connectivity index (χ2v) is 7.34. The van der Waals surface area contributed by atoms with Crippen LogP contribution in [0.15, 0.2) is 24.8 Å². The number of hydrogen-bond acceptors (Lipinski definition) is 4. The van der Waals surface area contributed by atoms with Gasteiger partial charge in [0, 0.05) is 6.92 Å². The quantitative estimate of drug-likeness (QED) is 0.148. The monoisotopic (exact) mass is 380 g/mol. The number of hydrogen-bond donors (Lipinski definition) is 1. The molecule has 0 bridgehead atoms. The second kappa shape index (κ2) is 18.0. The third kappa shape index (κ3) is 16.5. The van der Waals surface area contributed by atoms with Gasteiger partial charge in [0.25, 0.3) is 0 Å². The summed E-state index contributed by atoms with van der Waals surface area (Å²) in [4.78, 5) is 22.7. The van der Waals surface area contributed by atoms with Gasteiger partial charge in [0.05, 0.1) is 12.0 Å². The smallest absolute Gasteiger partial charge is 0.316 e. The Balaban J connectivity index is 3.70. The van der Waals surface area contributed by atoms with E-state index in [1.807, 2.05) is 0 Å². The van der Waals surface area contributed by atoms with E-state index in [0.29, 0.717) is 6.42 Å². The van der Waals surface area contributed by atoms with E-state index >= 15 is 0 Å². The lowest BCUT2D eigenvalue weighted by Gasteiger charge is -2.12. The van der Waals surface area contributed by atoms with Crippen LogP contribution in [0.25, 0.3) is 0 Å². The molecule has 0 radical (unpaired) electrons. The minimum Gasteiger partial charge on any atom is -0.393 e. The molecule has 0 heterocycles. The van der Waals surface area contributed by atoms with E-state index in [-0.39, 0.29) is 12.0 Å². The predicted octanol–water partition coefficient (Wildman–Crippen LogP) is 5.89. The van der Waals surface area contributed by atoms with E-state index in [1.54, 1.807) is 6.08 Å². The number of unbranched alkanes of at least 4 members (excludes halogenated alkanes) is 7. The first kappa shape index (κ1) is 25.6. The third-order valence-electron chi connectivity index (χ3n) is 4.67. The number of aliphatic hydroxyl groups is 1. The number of carbonyl (C=O) groups excluding carboxylic acids is 2. The summed E-state index contributed by atoms with van der Waals surface area (Å²) < 4.78 is 4.69. The minimum absolute atomic E-state index is 0.199. The Labute approximate surface area is 166 Å². The topological polar surface area (TPSA) is 63.6 Å². The van der Waals surface area contributed by atoms with Crippen molar-refractivity contribution in [3.05, 3.63) is 24.8 Å². The SMILES string of the molecule is C=CCC(CCCCCC/C=C\C[C@H](O)CCCCCC)C(=O)OC(C)=O. The Bertz CT molecular complexity index is 428. The predicted molar refractivity (Wildman–Crippen MR) is 111 cm³/mol. The molecular formula is C23H40O4. The first-order valence-corrected chi connectivity index (χ1v) is 10.7. The lowest BCUT2D eigenvalue weighted by molar-refractivity contribution is -0.161. The van der Waals surface area contributed by atoms with Gasteiger partial charge in [0.1, 0.15) is 0 Å². The molecule has 27 heavy (non-hydrogen) atoms. The first-order chi connectivity index (χ1) is 13.0. The summed E-state index contributed by atoms with van der Waals surface area (Å²) in [7, 11) is 0. The van der Waals surface area contributed by atoms with E-state index in [0.717, 1.165) is 57.8 Å². The Morgan fingerprint density at radius 1 is 0.963 bits per heavy atom. The summed E-state index contributed by atoms with van der Waals surface area (Å²) in [5.74, 6) is -1.24. The van der Waals surface area contributed by atoms with Crippen molar-refractivity contribution in [3.8, 4) is 0 Å². The molecule has 1 unspecified atom stereocenters. The summed E-state index contributed by atoms with van der Waals surface area (Å²) in [5, 5.41) is 9.90. The van der Waals surface area contributed by atoms with Gasteiger partial charge in [-0.3, -0.25) is 9.59 Å². The number of allylic oxidation sites excluding steroid dienone is 2. The molecule has 0 amide bonds. The summed E-state index contributed by atoms with van der Waals surface area (Å²) >= 11 is 0. The number of rotatable bonds is 17. The van der Waals surface area contributed by atoms with Gasteiger partial charge in [-0.25, -0.2) is 0 Å². The van der Waals surface area contributed by atoms with Gasteiger partial charge in [-0.2, -0.15) is 0 Å². The fourth-order valence-corrected chi connectivity index (χ4v) is 3.06. The van der Waals surface area contributed by atoms with Crippen molar-refractivity contribution in [3.63, 3.8) is 0 Å². The Kier molecular flexibility index (Phi) is 17.0. The Morgan fingerprint density at radius 2 is 1.63 bits per heavy atom. The maximum Gasteiger partial charge on any atom is 0.316 e. The molecule has 0 rings (SSSR count). The molecule has 0 aliphatic rings. The molecule has 0 saturated heterocycles. The maximum absolute atomic E-state index is 11.8. The zero-order valence-corrected chi connectivity index (χ0v) is 17.5. The normalized spacial score (nSPS) is 13.4. The highest BCUT2D eigenvalue weighted by Gasteiger charge is 2.19. The van der Waals surface area contributed by atoms with E-state index in [2.05, 4.69) is 30.4 Å². The standard InChI is InChI=1S/C23H40O4/c1-4-6-7-14-18-22(25)19-15-12-10-8-9-11-13-17-21(16-5-2)23(26)27-20(3)24/h5,12,15,21-22,25H,2,4,6-11,13-14,16-19H2,1,3H3/b15-12-/t21?,22-/m1/s1. The highest BCUT2D eigenvalue weighted by Crippen LogP contribution is 2.17. The van der Waals surface area contributed by atoms with E-state index in [4.69, 9.17) is 0 Å². The Morgan fingerprint density at radius 3 is 2.30 bits per heavy atom. The highest BCUT2D eigenvalue weighted by atomic mass is 16.6. The zero-order chi connectivity index (χ0) is 20.3. The molecule has 0 saturated carbocycles. The van der Waals surface area contributed by atoms with Crippen LogP contribution >= 0.6 is 0 Å². The second-order valence-electron chi connectivity index (χ2n) is 7.34. The van der Waals surface area contributed by atoms with Gasteiger partial charge in [0.2, 0.25) is 0 Å². The lowest BCUT2D eigenvalue weighted by Crippen LogP contribution is -2.19. The molecule has 0 aliphatic carbocycles. The van der Waals surface area contributed by atoms with Crippen LogP contribution in [0.2, 0.25) is 0 Å². The van der Waals surface area contributed by atoms with Gasteiger partial charge in [-0.15, -0.1) is 6.58 Å². The van der Waals surface area contributed by atoms with Crippen molar-refractivity contribution in [2.45, 2.75) is 103 Å². The first-order valence-electron chi connectivity index (χ1n) is 10.7. The number of aliphatic hydroxyl groups excluding tert-OH is 1. The summed E-state index contributed by atoms with van der Waals surface area (Å²) in [6, 6.07) is 0. The summed E-state index contributed by atoms with van der Waals surface area (Å²) in [6.07, 6.45) is 18.8. The maximum atomic E-state index is 11.8. The van der Waals surface area contributed by atoms with E-state index < -0.39 is 11.9 Å². The van der Waals surface area contributed by atoms with Crippen LogP contribution in [0.5, 0.6) is 0 Å². The van der Waals surface area contributed by atoms with Crippen molar-refractivity contribution in [1.29, 1.82) is 0 Å². The van der Waals surface area contributed by atoms with Crippen molar-refractivity contribution in [2.24, 2.45) is 5.92 Å². The number of ether oxygens (including phenoxy) is 1. The molecule has 0 aromatic rings. The molecule has 156 valence electrons. The van der Waals surface area contributed by atoms with Crippen LogP contribution in [0.4, 0.5) is 0 Å². The molecule has 1 N–H and O–H groups in total. The lowest BCUT2D eigenvalue weighted by atomic mass is 9.97. The van der Waals surface area contributed by atoms with Gasteiger partial charge in [0.15, 0.2) is 0 Å². The molecule has 0 fully saturated rings. The van der Waals surface area contributed by atoms with Crippen molar-refractivity contribution < 1.29 is 19.4 Å². The summed E-state index contributed by atoms with van der Waals surface area (Å²) in [6.45, 7) is 7.11. The third-order valence-corrected chi connectivity index (χ3v) is 4.67. The van der Waals surface area contributed by atoms with Crippen LogP contribution in [0.1, 0.15) is 97.3 Å². The molecular weight excluding hydrogens is 340 g/mol. The van der Waals surface area contributed by atoms with Crippen LogP contribution in [0, 0.1) is 5.92 Å². The zero-order valence-electron chi connectivity index (χ0n) is 17.5. The van der Waals surface area contributed by atoms with Crippen molar-refractivity contribution in [2.75, 3.05) is 0 Å². The number of esters is 2. The molecule has 0 aromatic carbocycles. The molecule has 0 aromatic heterocycles. The molecule has 4 nitrogen and oxygen atoms in total. The number of carbonyl (C=O) groups is 2. The summed E-state index contributed by atoms with van der Waals surface area (Å²) in [5.41, 5.74) is 0. The van der Waals surface area contributed by atoms with E-state index in [1.165, 1.54) is 26.2 Å². The van der Waals surface area contributed by atoms with Gasteiger partial charge >= 0.3 is 11.9 Å². The van der Waals surface area contributed by atoms with Crippen LogP contribution in [-0.2, 0) is 14.3 Å². The largest absolute Gasteiger partial charge is 0.393 e. The minimum atomic E-state index is -0.549. The molecule has 2 atom stereocenters. The molecule has 0 spiro atoms. The molecule has 4 heteroatoms. The van der Waals surface area contributed by atoms with Crippen molar-refractivity contribution >= 4 is 11.9 Å².